The van der Waals surface area contributed by atoms with E-state index in [-0.39, 0.29) is 11.9 Å². The lowest BCUT2D eigenvalue weighted by Gasteiger charge is -2.25. The van der Waals surface area contributed by atoms with Crippen molar-refractivity contribution in [1.82, 2.24) is 9.88 Å². The molecule has 0 aromatic carbocycles. The van der Waals surface area contributed by atoms with Crippen LogP contribution in [0.4, 0.5) is 5.69 Å². The molecule has 5 heteroatoms. The van der Waals surface area contributed by atoms with Crippen LogP contribution in [0.25, 0.3) is 0 Å². The molecule has 18 heavy (non-hydrogen) atoms. The Hall–Kier alpha value is -1.62. The summed E-state index contributed by atoms with van der Waals surface area (Å²) >= 11 is 0. The largest absolute Gasteiger partial charge is 0.387 e. The number of hydrogen-bond donors (Lipinski definition) is 1. The molecule has 0 aliphatic rings. The van der Waals surface area contributed by atoms with Crippen molar-refractivity contribution < 1.29 is 9.53 Å². The van der Waals surface area contributed by atoms with E-state index in [1.54, 1.807) is 32.3 Å². The van der Waals surface area contributed by atoms with Gasteiger partial charge in [0.15, 0.2) is 0 Å². The molecule has 0 aliphatic carbocycles. The van der Waals surface area contributed by atoms with Gasteiger partial charge in [0.25, 0.3) is 5.91 Å². The van der Waals surface area contributed by atoms with Crippen molar-refractivity contribution in [2.45, 2.75) is 19.9 Å². The molecule has 1 amide bonds. The van der Waals surface area contributed by atoms with Gasteiger partial charge in [-0.05, 0) is 19.9 Å². The topological polar surface area (TPSA) is 54.5 Å². The van der Waals surface area contributed by atoms with Crippen LogP contribution in [0.1, 0.15) is 23.0 Å². The summed E-state index contributed by atoms with van der Waals surface area (Å²) in [4.78, 5) is 18.2. The van der Waals surface area contributed by atoms with Gasteiger partial charge in [-0.2, -0.15) is 0 Å². The average Bonchev–Trinajstić information content (AvgIpc) is 2.37. The number of carbonyl (C=O) groups excluding carboxylic acids is 1. The fourth-order valence-corrected chi connectivity index (χ4v) is 1.68. The van der Waals surface area contributed by atoms with Gasteiger partial charge in [0.1, 0.15) is 0 Å². The highest BCUT2D eigenvalue weighted by molar-refractivity contribution is 5.99. The molecule has 1 atom stereocenters. The molecule has 0 saturated heterocycles. The number of nitrogens with zero attached hydrogens (tertiary/aromatic N) is 2. The Morgan fingerprint density at radius 2 is 2.28 bits per heavy atom. The number of nitrogens with one attached hydrogen (secondary N) is 1. The van der Waals surface area contributed by atoms with Gasteiger partial charge < -0.3 is 15.0 Å². The summed E-state index contributed by atoms with van der Waals surface area (Å²) < 4.78 is 5.06. The molecule has 0 bridgehead atoms. The van der Waals surface area contributed by atoms with E-state index in [4.69, 9.17) is 4.74 Å². The average molecular weight is 251 g/mol. The highest BCUT2D eigenvalue weighted by Crippen LogP contribution is 2.17. The lowest BCUT2D eigenvalue weighted by atomic mass is 10.1. The molecule has 0 spiro atoms. The Balaban J connectivity index is 2.96. The Morgan fingerprint density at radius 3 is 2.83 bits per heavy atom. The van der Waals surface area contributed by atoms with E-state index in [9.17, 15) is 4.79 Å². The van der Waals surface area contributed by atoms with Crippen LogP contribution in [0, 0.1) is 6.92 Å². The van der Waals surface area contributed by atoms with E-state index in [1.807, 2.05) is 19.9 Å². The molecular weight excluding hydrogens is 230 g/mol. The fraction of sp³-hybridized carbons (Fsp3) is 0.538. The molecule has 0 fully saturated rings. The Bertz CT molecular complexity index is 421. The quantitative estimate of drug-likeness (QED) is 0.862. The standard InChI is InChI=1S/C13H21N3O2/c1-9-6-12(14-3)11(7-15-9)13(17)16(4)10(2)8-18-5/h6-7,10H,8H2,1-5H3,(H,14,15). The first kappa shape index (κ1) is 14.4. The summed E-state index contributed by atoms with van der Waals surface area (Å²) in [5.41, 5.74) is 2.25. The highest BCUT2D eigenvalue weighted by Gasteiger charge is 2.20. The number of anilines is 1. The number of amides is 1. The van der Waals surface area contributed by atoms with Gasteiger partial charge in [0.2, 0.25) is 0 Å². The molecule has 1 unspecified atom stereocenters. The van der Waals surface area contributed by atoms with E-state index in [1.165, 1.54) is 0 Å². The number of ether oxygens (including phenoxy) is 1. The third kappa shape index (κ3) is 3.20. The van der Waals surface area contributed by atoms with Gasteiger partial charge in [-0.15, -0.1) is 0 Å². The number of carbonyl (C=O) groups is 1. The van der Waals surface area contributed by atoms with Gasteiger partial charge in [-0.3, -0.25) is 9.78 Å². The lowest BCUT2D eigenvalue weighted by molar-refractivity contribution is 0.0634. The maximum Gasteiger partial charge on any atom is 0.257 e. The molecule has 100 valence electrons. The third-order valence-electron chi connectivity index (χ3n) is 2.93. The Labute approximate surface area is 108 Å². The first-order chi connectivity index (χ1) is 8.51. The predicted molar refractivity (Wildman–Crippen MR) is 72.0 cm³/mol. The van der Waals surface area contributed by atoms with Gasteiger partial charge in [-0.25, -0.2) is 0 Å². The summed E-state index contributed by atoms with van der Waals surface area (Å²) in [5.74, 6) is -0.0589. The second kappa shape index (κ2) is 6.35. The van der Waals surface area contributed by atoms with Crippen LogP contribution in [0.15, 0.2) is 12.3 Å². The molecule has 0 saturated carbocycles. The minimum Gasteiger partial charge on any atom is -0.387 e. The van der Waals surface area contributed by atoms with Crippen molar-refractivity contribution in [3.8, 4) is 0 Å². The number of aromatic nitrogens is 1. The maximum atomic E-state index is 12.3. The van der Waals surface area contributed by atoms with Crippen LogP contribution in [-0.2, 0) is 4.74 Å². The minimum atomic E-state index is -0.0589. The van der Waals surface area contributed by atoms with E-state index in [0.717, 1.165) is 11.4 Å². The van der Waals surface area contributed by atoms with E-state index in [0.29, 0.717) is 12.2 Å². The van der Waals surface area contributed by atoms with Crippen molar-refractivity contribution in [3.05, 3.63) is 23.5 Å². The molecule has 1 N–H and O–H groups in total. The summed E-state index contributed by atoms with van der Waals surface area (Å²) in [5, 5.41) is 3.02. The van der Waals surface area contributed by atoms with Gasteiger partial charge in [-0.1, -0.05) is 0 Å². The molecule has 1 heterocycles. The van der Waals surface area contributed by atoms with Crippen molar-refractivity contribution in [3.63, 3.8) is 0 Å². The van der Waals surface area contributed by atoms with Crippen molar-refractivity contribution >= 4 is 11.6 Å². The van der Waals surface area contributed by atoms with Gasteiger partial charge >= 0.3 is 0 Å². The number of likely N-dealkylation sites (N-methyl/N-ethyl adjacent to an activating group) is 1. The number of rotatable bonds is 5. The smallest absolute Gasteiger partial charge is 0.257 e. The SMILES string of the molecule is CNc1cc(C)ncc1C(=O)N(C)C(C)COC. The third-order valence-corrected chi connectivity index (χ3v) is 2.93. The molecule has 0 aliphatic heterocycles. The number of methoxy groups -OCH3 is 1. The van der Waals surface area contributed by atoms with Gasteiger partial charge in [0, 0.05) is 33.1 Å². The normalized spacial score (nSPS) is 12.1. The minimum absolute atomic E-state index is 0.0218. The first-order valence-corrected chi connectivity index (χ1v) is 5.91. The predicted octanol–water partition coefficient (Wildman–Crippen LogP) is 1.54. The van der Waals surface area contributed by atoms with Gasteiger partial charge in [0.05, 0.1) is 23.9 Å². The number of aryl methyl sites for hydroxylation is 1. The second-order valence-electron chi connectivity index (χ2n) is 4.34. The molecule has 1 rings (SSSR count). The van der Waals surface area contributed by atoms with Crippen molar-refractivity contribution in [2.24, 2.45) is 0 Å². The Kier molecular flexibility index (Phi) is 5.09. The van der Waals surface area contributed by atoms with Crippen LogP contribution >= 0.6 is 0 Å². The van der Waals surface area contributed by atoms with Crippen LogP contribution in [0.2, 0.25) is 0 Å². The van der Waals surface area contributed by atoms with Crippen LogP contribution in [0.3, 0.4) is 0 Å². The first-order valence-electron chi connectivity index (χ1n) is 5.91. The van der Waals surface area contributed by atoms with Crippen molar-refractivity contribution in [2.75, 3.05) is 33.1 Å². The van der Waals surface area contributed by atoms with E-state index in [2.05, 4.69) is 10.3 Å². The number of hydrogen-bond acceptors (Lipinski definition) is 4. The maximum absolute atomic E-state index is 12.3. The van der Waals surface area contributed by atoms with Crippen LogP contribution in [0.5, 0.6) is 0 Å². The molecule has 1 aromatic rings. The zero-order valence-electron chi connectivity index (χ0n) is 11.7. The molecular formula is C13H21N3O2. The lowest BCUT2D eigenvalue weighted by Crippen LogP contribution is -2.38. The highest BCUT2D eigenvalue weighted by atomic mass is 16.5. The van der Waals surface area contributed by atoms with Crippen molar-refractivity contribution in [1.29, 1.82) is 0 Å². The second-order valence-corrected chi connectivity index (χ2v) is 4.34. The zero-order chi connectivity index (χ0) is 13.7. The summed E-state index contributed by atoms with van der Waals surface area (Å²) in [6.07, 6.45) is 1.61. The summed E-state index contributed by atoms with van der Waals surface area (Å²) in [6.45, 7) is 4.35. The van der Waals surface area contributed by atoms with E-state index < -0.39 is 0 Å². The van der Waals surface area contributed by atoms with Crippen LogP contribution < -0.4 is 5.32 Å². The molecule has 0 radical (unpaired) electrons. The molecule has 1 aromatic heterocycles. The monoisotopic (exact) mass is 251 g/mol. The summed E-state index contributed by atoms with van der Waals surface area (Å²) in [7, 11) is 5.19. The zero-order valence-corrected chi connectivity index (χ0v) is 11.7. The molecule has 5 nitrogen and oxygen atoms in total. The summed E-state index contributed by atoms with van der Waals surface area (Å²) in [6, 6.07) is 1.88. The van der Waals surface area contributed by atoms with Crippen LogP contribution in [-0.4, -0.2) is 49.6 Å². The van der Waals surface area contributed by atoms with E-state index >= 15 is 0 Å². The number of pyridine rings is 1. The fourth-order valence-electron chi connectivity index (χ4n) is 1.68. The Morgan fingerprint density at radius 1 is 1.61 bits per heavy atom.